The lowest BCUT2D eigenvalue weighted by Gasteiger charge is -2.04. The Morgan fingerprint density at radius 3 is 2.47 bits per heavy atom. The molecule has 0 bridgehead atoms. The summed E-state index contributed by atoms with van der Waals surface area (Å²) in [6, 6.07) is 3.65. The summed E-state index contributed by atoms with van der Waals surface area (Å²) in [5, 5.41) is 13.5. The van der Waals surface area contributed by atoms with E-state index in [1.165, 1.54) is 0 Å². The normalized spacial score (nSPS) is 10.5. The summed E-state index contributed by atoms with van der Waals surface area (Å²) in [7, 11) is 0. The average molecular weight is 223 g/mol. The predicted octanol–water partition coefficient (Wildman–Crippen LogP) is 1.18. The summed E-state index contributed by atoms with van der Waals surface area (Å²) in [5.41, 5.74) is 10.2. The molecule has 0 fully saturated rings. The maximum Gasteiger partial charge on any atom is 0.184 e. The van der Waals surface area contributed by atoms with E-state index in [1.807, 2.05) is 26.0 Å². The minimum absolute atomic E-state index is 0.124. The lowest BCUT2D eigenvalue weighted by molar-refractivity contribution is 0.467. The van der Waals surface area contributed by atoms with Gasteiger partial charge in [-0.25, -0.2) is 0 Å². The molecular formula is C10H13N3OS. The van der Waals surface area contributed by atoms with Crippen LogP contribution in [0.5, 0.6) is 5.75 Å². The van der Waals surface area contributed by atoms with Crippen molar-refractivity contribution in [1.82, 2.24) is 5.43 Å². The monoisotopic (exact) mass is 223 g/mol. The molecular weight excluding hydrogens is 210 g/mol. The predicted molar refractivity (Wildman–Crippen MR) is 65.1 cm³/mol. The first-order valence-electron chi connectivity index (χ1n) is 4.39. The van der Waals surface area contributed by atoms with Crippen LogP contribution in [0.1, 0.15) is 16.7 Å². The van der Waals surface area contributed by atoms with E-state index in [-0.39, 0.29) is 5.11 Å². The van der Waals surface area contributed by atoms with E-state index in [4.69, 9.17) is 5.73 Å². The van der Waals surface area contributed by atoms with Crippen molar-refractivity contribution in [3.05, 3.63) is 28.8 Å². The molecule has 4 nitrogen and oxygen atoms in total. The molecule has 0 atom stereocenters. The minimum Gasteiger partial charge on any atom is -0.507 e. The van der Waals surface area contributed by atoms with Crippen molar-refractivity contribution in [2.45, 2.75) is 13.8 Å². The lowest BCUT2D eigenvalue weighted by atomic mass is 10.1. The number of aryl methyl sites for hydroxylation is 2. The fourth-order valence-corrected chi connectivity index (χ4v) is 1.29. The van der Waals surface area contributed by atoms with Crippen LogP contribution in [0.2, 0.25) is 0 Å². The second-order valence-electron chi connectivity index (χ2n) is 3.24. The van der Waals surface area contributed by atoms with Crippen molar-refractivity contribution in [3.63, 3.8) is 0 Å². The summed E-state index contributed by atoms with van der Waals surface area (Å²) in [4.78, 5) is 0. The zero-order valence-corrected chi connectivity index (χ0v) is 9.43. The summed E-state index contributed by atoms with van der Waals surface area (Å²) >= 11 is 4.60. The zero-order chi connectivity index (χ0) is 11.4. The third kappa shape index (κ3) is 3.21. The molecule has 0 aromatic heterocycles. The van der Waals surface area contributed by atoms with Gasteiger partial charge in [-0.2, -0.15) is 5.10 Å². The molecule has 0 aliphatic carbocycles. The van der Waals surface area contributed by atoms with Crippen molar-refractivity contribution < 1.29 is 5.11 Å². The van der Waals surface area contributed by atoms with E-state index in [0.29, 0.717) is 5.75 Å². The van der Waals surface area contributed by atoms with Crippen LogP contribution in [0.15, 0.2) is 17.2 Å². The fraction of sp³-hybridized carbons (Fsp3) is 0.200. The van der Waals surface area contributed by atoms with Crippen LogP contribution < -0.4 is 11.2 Å². The summed E-state index contributed by atoms with van der Waals surface area (Å²) in [5.74, 6) is 0.314. The quantitative estimate of drug-likeness (QED) is 0.400. The second kappa shape index (κ2) is 4.75. The van der Waals surface area contributed by atoms with Crippen molar-refractivity contribution >= 4 is 23.5 Å². The summed E-state index contributed by atoms with van der Waals surface area (Å²) < 4.78 is 0. The van der Waals surface area contributed by atoms with Crippen LogP contribution in [-0.4, -0.2) is 16.4 Å². The van der Waals surface area contributed by atoms with Gasteiger partial charge < -0.3 is 10.8 Å². The van der Waals surface area contributed by atoms with Gasteiger partial charge in [0.15, 0.2) is 5.11 Å². The molecule has 0 aliphatic heterocycles. The zero-order valence-electron chi connectivity index (χ0n) is 8.61. The molecule has 1 aromatic carbocycles. The number of phenolic OH excluding ortho intramolecular Hbond substituents is 1. The number of aromatic hydroxyl groups is 1. The Morgan fingerprint density at radius 1 is 1.47 bits per heavy atom. The Kier molecular flexibility index (Phi) is 3.62. The summed E-state index contributed by atoms with van der Waals surface area (Å²) in [6.07, 6.45) is 1.60. The van der Waals surface area contributed by atoms with Gasteiger partial charge in [-0.1, -0.05) is 0 Å². The molecule has 80 valence electrons. The summed E-state index contributed by atoms with van der Waals surface area (Å²) in [6.45, 7) is 3.67. The lowest BCUT2D eigenvalue weighted by Crippen LogP contribution is -2.23. The van der Waals surface area contributed by atoms with E-state index < -0.39 is 0 Å². The first-order chi connectivity index (χ1) is 7.00. The minimum atomic E-state index is 0.124. The highest BCUT2D eigenvalue weighted by molar-refractivity contribution is 7.80. The number of phenols is 1. The fourth-order valence-electron chi connectivity index (χ4n) is 1.23. The Bertz CT molecular complexity index is 392. The Hall–Kier alpha value is -1.62. The molecule has 0 unspecified atom stereocenters. The topological polar surface area (TPSA) is 70.6 Å². The van der Waals surface area contributed by atoms with Crippen molar-refractivity contribution in [3.8, 4) is 5.75 Å². The Balaban J connectivity index is 2.87. The van der Waals surface area contributed by atoms with Crippen LogP contribution in [0.25, 0.3) is 0 Å². The van der Waals surface area contributed by atoms with Crippen LogP contribution >= 0.6 is 12.2 Å². The molecule has 0 radical (unpaired) electrons. The molecule has 15 heavy (non-hydrogen) atoms. The van der Waals surface area contributed by atoms with Gasteiger partial charge in [-0.15, -0.1) is 0 Å². The molecule has 0 saturated heterocycles. The van der Waals surface area contributed by atoms with Crippen LogP contribution in [0.4, 0.5) is 0 Å². The molecule has 4 N–H and O–H groups in total. The number of nitrogens with zero attached hydrogens (tertiary/aromatic N) is 1. The van der Waals surface area contributed by atoms with Gasteiger partial charge in [-0.3, -0.25) is 5.43 Å². The average Bonchev–Trinajstić information content (AvgIpc) is 2.13. The van der Waals surface area contributed by atoms with Gasteiger partial charge in [0, 0.05) is 0 Å². The van der Waals surface area contributed by atoms with Gasteiger partial charge in [0.2, 0.25) is 0 Å². The van der Waals surface area contributed by atoms with Crippen molar-refractivity contribution in [2.24, 2.45) is 10.8 Å². The van der Waals surface area contributed by atoms with E-state index in [9.17, 15) is 5.11 Å². The number of hydrazone groups is 1. The SMILES string of the molecule is Cc1cc(/C=N/NC(N)=S)cc(C)c1O. The van der Waals surface area contributed by atoms with E-state index in [2.05, 4.69) is 22.7 Å². The number of hydrogen-bond acceptors (Lipinski definition) is 3. The first kappa shape index (κ1) is 11.5. The van der Waals surface area contributed by atoms with Gasteiger partial charge in [-0.05, 0) is 54.9 Å². The van der Waals surface area contributed by atoms with E-state index in [0.717, 1.165) is 16.7 Å². The molecule has 0 aliphatic rings. The van der Waals surface area contributed by atoms with E-state index in [1.54, 1.807) is 6.21 Å². The largest absolute Gasteiger partial charge is 0.507 e. The highest BCUT2D eigenvalue weighted by Gasteiger charge is 2.01. The second-order valence-corrected chi connectivity index (χ2v) is 3.68. The Labute approximate surface area is 93.8 Å². The van der Waals surface area contributed by atoms with Crippen LogP contribution in [0.3, 0.4) is 0 Å². The molecule has 5 heteroatoms. The van der Waals surface area contributed by atoms with Crippen molar-refractivity contribution in [2.75, 3.05) is 0 Å². The molecule has 1 aromatic rings. The molecule has 0 heterocycles. The number of hydrogen-bond donors (Lipinski definition) is 3. The number of thiocarbonyl (C=S) groups is 1. The highest BCUT2D eigenvalue weighted by atomic mass is 32.1. The number of benzene rings is 1. The molecule has 1 rings (SSSR count). The molecule has 0 spiro atoms. The maximum absolute atomic E-state index is 9.54. The smallest absolute Gasteiger partial charge is 0.184 e. The van der Waals surface area contributed by atoms with Gasteiger partial charge >= 0.3 is 0 Å². The van der Waals surface area contributed by atoms with Crippen molar-refractivity contribution in [1.29, 1.82) is 0 Å². The molecule has 0 saturated carbocycles. The third-order valence-corrected chi connectivity index (χ3v) is 1.99. The Morgan fingerprint density at radius 2 is 2.00 bits per heavy atom. The molecule has 0 amide bonds. The standard InChI is InChI=1S/C10H13N3OS/c1-6-3-8(4-7(2)9(6)14)5-12-13-10(11)15/h3-5,14H,1-2H3,(H3,11,13,15)/b12-5+. The maximum atomic E-state index is 9.54. The van der Waals surface area contributed by atoms with Crippen LogP contribution in [-0.2, 0) is 0 Å². The van der Waals surface area contributed by atoms with Crippen LogP contribution in [0, 0.1) is 13.8 Å². The van der Waals surface area contributed by atoms with E-state index >= 15 is 0 Å². The van der Waals surface area contributed by atoms with Gasteiger partial charge in [0.25, 0.3) is 0 Å². The number of rotatable bonds is 2. The van der Waals surface area contributed by atoms with Gasteiger partial charge in [0.05, 0.1) is 6.21 Å². The number of nitrogens with one attached hydrogen (secondary N) is 1. The highest BCUT2D eigenvalue weighted by Crippen LogP contribution is 2.21. The van der Waals surface area contributed by atoms with Gasteiger partial charge in [0.1, 0.15) is 5.75 Å². The number of nitrogens with two attached hydrogens (primary N) is 1. The first-order valence-corrected chi connectivity index (χ1v) is 4.80. The third-order valence-electron chi connectivity index (χ3n) is 1.90.